The third-order valence-electron chi connectivity index (χ3n) is 4.65. The van der Waals surface area contributed by atoms with E-state index in [0.717, 1.165) is 6.07 Å². The van der Waals surface area contributed by atoms with Crippen LogP contribution in [0.2, 0.25) is 0 Å². The number of rotatable bonds is 9. The smallest absolute Gasteiger partial charge is 0.419 e. The van der Waals surface area contributed by atoms with Crippen molar-refractivity contribution < 1.29 is 22.7 Å². The van der Waals surface area contributed by atoms with Crippen molar-refractivity contribution in [2.24, 2.45) is 0 Å². The second kappa shape index (κ2) is 10.7. The van der Waals surface area contributed by atoms with Gasteiger partial charge in [-0.15, -0.1) is 0 Å². The minimum absolute atomic E-state index is 0.0448. The molecule has 0 fully saturated rings. The van der Waals surface area contributed by atoms with Crippen LogP contribution in [0.4, 0.5) is 24.5 Å². The lowest BCUT2D eigenvalue weighted by Crippen LogP contribution is -2.33. The number of hydrogen-bond acceptors (Lipinski definition) is 7. The molecule has 0 aliphatic rings. The van der Waals surface area contributed by atoms with Gasteiger partial charge in [0, 0.05) is 26.2 Å². The molecule has 4 N–H and O–H groups in total. The van der Waals surface area contributed by atoms with Gasteiger partial charge >= 0.3 is 6.18 Å². The van der Waals surface area contributed by atoms with E-state index in [1.54, 1.807) is 19.0 Å². The number of benzene rings is 1. The number of ether oxygens (including phenoxy) is 1. The standard InChI is InChI=1S/C21H25F3N6O2/c1-27-16-10-15(29-17(11-25)20(16)26)13-5-6-18(14(9-13)21(22,23)24)32-8-4-7-30(3)12-19(31)28-2/h5-6,9-10H,4,7-8,12,26H2,1-3H3,(H,27,29)(H,28,31). The summed E-state index contributed by atoms with van der Waals surface area (Å²) in [5.41, 5.74) is 5.65. The highest BCUT2D eigenvalue weighted by Gasteiger charge is 2.35. The lowest BCUT2D eigenvalue weighted by atomic mass is 10.0. The highest BCUT2D eigenvalue weighted by molar-refractivity contribution is 5.78. The molecular weight excluding hydrogens is 425 g/mol. The van der Waals surface area contributed by atoms with Crippen molar-refractivity contribution >= 4 is 17.3 Å². The quantitative estimate of drug-likeness (QED) is 0.503. The summed E-state index contributed by atoms with van der Waals surface area (Å²) in [6.45, 7) is 0.710. The predicted octanol–water partition coefficient (Wildman–Crippen LogP) is 2.71. The molecule has 32 heavy (non-hydrogen) atoms. The fourth-order valence-electron chi connectivity index (χ4n) is 2.95. The van der Waals surface area contributed by atoms with Crippen molar-refractivity contribution in [3.63, 3.8) is 0 Å². The lowest BCUT2D eigenvalue weighted by Gasteiger charge is -2.18. The average molecular weight is 450 g/mol. The molecule has 2 aromatic rings. The van der Waals surface area contributed by atoms with Crippen molar-refractivity contribution in [3.05, 3.63) is 35.5 Å². The number of likely N-dealkylation sites (N-methyl/N-ethyl adjacent to an activating group) is 2. The van der Waals surface area contributed by atoms with E-state index in [4.69, 9.17) is 10.5 Å². The van der Waals surface area contributed by atoms with Gasteiger partial charge in [-0.3, -0.25) is 9.69 Å². The first-order valence-corrected chi connectivity index (χ1v) is 9.72. The number of anilines is 2. The van der Waals surface area contributed by atoms with Gasteiger partial charge < -0.3 is 21.1 Å². The molecule has 0 atom stereocenters. The van der Waals surface area contributed by atoms with E-state index < -0.39 is 11.7 Å². The van der Waals surface area contributed by atoms with Crippen LogP contribution in [0.5, 0.6) is 5.75 Å². The zero-order valence-corrected chi connectivity index (χ0v) is 18.0. The van der Waals surface area contributed by atoms with Crippen LogP contribution in [0.25, 0.3) is 11.3 Å². The third-order valence-corrected chi connectivity index (χ3v) is 4.65. The molecule has 1 heterocycles. The van der Waals surface area contributed by atoms with E-state index in [0.29, 0.717) is 18.7 Å². The van der Waals surface area contributed by atoms with E-state index in [-0.39, 0.29) is 47.4 Å². The number of aromatic nitrogens is 1. The predicted molar refractivity (Wildman–Crippen MR) is 115 cm³/mol. The van der Waals surface area contributed by atoms with E-state index in [9.17, 15) is 23.2 Å². The second-order valence-electron chi connectivity index (χ2n) is 7.00. The fraction of sp³-hybridized carbons (Fsp3) is 0.381. The number of nitriles is 1. The van der Waals surface area contributed by atoms with Gasteiger partial charge in [0.25, 0.3) is 0 Å². The van der Waals surface area contributed by atoms with Crippen LogP contribution >= 0.6 is 0 Å². The minimum atomic E-state index is -4.65. The summed E-state index contributed by atoms with van der Waals surface area (Å²) in [7, 11) is 4.85. The Morgan fingerprint density at radius 2 is 2.03 bits per heavy atom. The zero-order chi connectivity index (χ0) is 23.9. The van der Waals surface area contributed by atoms with Gasteiger partial charge in [-0.05, 0) is 37.7 Å². The Labute approximate surface area is 184 Å². The van der Waals surface area contributed by atoms with Crippen molar-refractivity contribution in [2.45, 2.75) is 12.6 Å². The third kappa shape index (κ3) is 6.24. The van der Waals surface area contributed by atoms with Gasteiger partial charge in [0.1, 0.15) is 11.8 Å². The monoisotopic (exact) mass is 450 g/mol. The van der Waals surface area contributed by atoms with Crippen LogP contribution in [0.3, 0.4) is 0 Å². The number of carbonyl (C=O) groups excluding carboxylic acids is 1. The van der Waals surface area contributed by atoms with Gasteiger partial charge in [-0.25, -0.2) is 4.98 Å². The Morgan fingerprint density at radius 3 is 2.62 bits per heavy atom. The number of nitrogens with one attached hydrogen (secondary N) is 2. The van der Waals surface area contributed by atoms with E-state index in [1.165, 1.54) is 25.2 Å². The van der Waals surface area contributed by atoms with Crippen molar-refractivity contribution in [3.8, 4) is 23.1 Å². The highest BCUT2D eigenvalue weighted by atomic mass is 19.4. The summed E-state index contributed by atoms with van der Waals surface area (Å²) in [6, 6.07) is 6.94. The van der Waals surface area contributed by atoms with Gasteiger partial charge in [0.2, 0.25) is 5.91 Å². The van der Waals surface area contributed by atoms with Crippen LogP contribution in [0.1, 0.15) is 17.7 Å². The minimum Gasteiger partial charge on any atom is -0.493 e. The lowest BCUT2D eigenvalue weighted by molar-refractivity contribution is -0.139. The molecule has 0 radical (unpaired) electrons. The van der Waals surface area contributed by atoms with Crippen molar-refractivity contribution in [1.29, 1.82) is 5.26 Å². The highest BCUT2D eigenvalue weighted by Crippen LogP contribution is 2.39. The summed E-state index contributed by atoms with van der Waals surface area (Å²) >= 11 is 0. The molecule has 0 aliphatic heterocycles. The maximum atomic E-state index is 13.7. The summed E-state index contributed by atoms with van der Waals surface area (Å²) < 4.78 is 46.4. The van der Waals surface area contributed by atoms with Gasteiger partial charge in [0.05, 0.1) is 35.8 Å². The summed E-state index contributed by atoms with van der Waals surface area (Å²) in [5.74, 6) is -0.458. The van der Waals surface area contributed by atoms with Crippen LogP contribution in [-0.4, -0.2) is 56.6 Å². The van der Waals surface area contributed by atoms with Crippen molar-refractivity contribution in [2.75, 3.05) is 51.9 Å². The number of nitrogen functional groups attached to an aromatic ring is 1. The molecule has 1 amide bonds. The van der Waals surface area contributed by atoms with Crippen LogP contribution in [0, 0.1) is 11.3 Å². The first kappa shape index (κ1) is 24.7. The molecule has 0 bridgehead atoms. The van der Waals surface area contributed by atoms with E-state index in [2.05, 4.69) is 15.6 Å². The fourth-order valence-corrected chi connectivity index (χ4v) is 2.95. The SMILES string of the molecule is CNC(=O)CN(C)CCCOc1ccc(-c2cc(NC)c(N)c(C#N)n2)cc1C(F)(F)F. The first-order chi connectivity index (χ1) is 15.1. The molecule has 11 heteroatoms. The number of amides is 1. The number of carbonyl (C=O) groups is 1. The second-order valence-corrected chi connectivity index (χ2v) is 7.00. The Hall–Kier alpha value is -3.52. The molecule has 0 unspecified atom stereocenters. The molecule has 2 rings (SSSR count). The number of pyridine rings is 1. The Kier molecular flexibility index (Phi) is 8.26. The molecule has 1 aromatic carbocycles. The molecule has 0 spiro atoms. The maximum Gasteiger partial charge on any atom is 0.419 e. The number of nitrogens with zero attached hydrogens (tertiary/aromatic N) is 3. The molecule has 172 valence electrons. The molecule has 0 aliphatic carbocycles. The Balaban J connectivity index is 2.22. The first-order valence-electron chi connectivity index (χ1n) is 9.72. The molecule has 1 aromatic heterocycles. The number of alkyl halides is 3. The summed E-state index contributed by atoms with van der Waals surface area (Å²) in [4.78, 5) is 17.2. The van der Waals surface area contributed by atoms with Gasteiger partial charge in [-0.1, -0.05) is 0 Å². The largest absolute Gasteiger partial charge is 0.493 e. The zero-order valence-electron chi connectivity index (χ0n) is 18.0. The van der Waals surface area contributed by atoms with Gasteiger partial charge in [-0.2, -0.15) is 18.4 Å². The Morgan fingerprint density at radius 1 is 1.31 bits per heavy atom. The average Bonchev–Trinajstić information content (AvgIpc) is 2.76. The molecular formula is C21H25F3N6O2. The van der Waals surface area contributed by atoms with Crippen LogP contribution < -0.4 is 21.1 Å². The topological polar surface area (TPSA) is 116 Å². The van der Waals surface area contributed by atoms with Gasteiger partial charge in [0.15, 0.2) is 5.69 Å². The van der Waals surface area contributed by atoms with E-state index >= 15 is 0 Å². The summed E-state index contributed by atoms with van der Waals surface area (Å²) in [5, 5.41) is 14.5. The number of halogens is 3. The number of nitrogens with two attached hydrogens (primary N) is 1. The molecule has 0 saturated carbocycles. The summed E-state index contributed by atoms with van der Waals surface area (Å²) in [6.07, 6.45) is -4.22. The van der Waals surface area contributed by atoms with Crippen molar-refractivity contribution in [1.82, 2.24) is 15.2 Å². The number of hydrogen-bond donors (Lipinski definition) is 3. The molecule has 0 saturated heterocycles. The maximum absolute atomic E-state index is 13.7. The van der Waals surface area contributed by atoms with E-state index in [1.807, 2.05) is 6.07 Å². The Bertz CT molecular complexity index is 1000. The van der Waals surface area contributed by atoms with Crippen LogP contribution in [-0.2, 0) is 11.0 Å². The molecule has 8 nitrogen and oxygen atoms in total. The van der Waals surface area contributed by atoms with Crippen LogP contribution in [0.15, 0.2) is 24.3 Å². The normalized spacial score (nSPS) is 11.2.